The zero-order valence-electron chi connectivity index (χ0n) is 14.4. The van der Waals surface area contributed by atoms with Crippen molar-refractivity contribution in [2.45, 2.75) is 51.8 Å². The number of hydrogen-bond donors (Lipinski definition) is 2. The van der Waals surface area contributed by atoms with Crippen molar-refractivity contribution in [2.24, 2.45) is 5.92 Å². The summed E-state index contributed by atoms with van der Waals surface area (Å²) in [5, 5.41) is 6.36. The van der Waals surface area contributed by atoms with Crippen molar-refractivity contribution in [2.75, 3.05) is 13.7 Å². The van der Waals surface area contributed by atoms with Gasteiger partial charge in [0.25, 0.3) is 0 Å². The molecule has 1 unspecified atom stereocenters. The van der Waals surface area contributed by atoms with E-state index < -0.39 is 5.60 Å². The Labute approximate surface area is 138 Å². The highest BCUT2D eigenvalue weighted by atomic mass is 16.6. The highest BCUT2D eigenvalue weighted by Gasteiger charge is 2.31. The van der Waals surface area contributed by atoms with Crippen LogP contribution in [0.5, 0.6) is 5.88 Å². The van der Waals surface area contributed by atoms with E-state index in [9.17, 15) is 4.79 Å². The monoisotopic (exact) mass is 321 g/mol. The number of nitrogens with one attached hydrogen (secondary N) is 2. The molecule has 1 fully saturated rings. The Morgan fingerprint density at radius 2 is 2.13 bits per heavy atom. The van der Waals surface area contributed by atoms with Gasteiger partial charge in [-0.2, -0.15) is 0 Å². The average Bonchev–Trinajstić information content (AvgIpc) is 3.31. The first-order chi connectivity index (χ1) is 10.9. The molecule has 1 aromatic rings. The molecule has 0 radical (unpaired) electrons. The topological polar surface area (TPSA) is 72.5 Å². The third-order valence-corrected chi connectivity index (χ3v) is 3.63. The summed E-state index contributed by atoms with van der Waals surface area (Å²) in [5.41, 5.74) is 0.621. The lowest BCUT2D eigenvalue weighted by Crippen LogP contribution is -2.43. The average molecular weight is 321 g/mol. The van der Waals surface area contributed by atoms with Crippen LogP contribution in [0, 0.1) is 5.92 Å². The van der Waals surface area contributed by atoms with Gasteiger partial charge in [0, 0.05) is 31.4 Å². The summed E-state index contributed by atoms with van der Waals surface area (Å²) in [5.74, 6) is 1.23. The SMILES string of the molecule is COc1ccc(CNC(CNC(=O)OC(C)(C)C)C2CC2)cn1. The van der Waals surface area contributed by atoms with Crippen LogP contribution in [0.4, 0.5) is 4.79 Å². The summed E-state index contributed by atoms with van der Waals surface area (Å²) < 4.78 is 10.3. The minimum Gasteiger partial charge on any atom is -0.481 e. The summed E-state index contributed by atoms with van der Waals surface area (Å²) >= 11 is 0. The lowest BCUT2D eigenvalue weighted by atomic mass is 10.1. The Morgan fingerprint density at radius 1 is 1.39 bits per heavy atom. The number of pyridine rings is 1. The van der Waals surface area contributed by atoms with E-state index in [4.69, 9.17) is 9.47 Å². The number of aromatic nitrogens is 1. The molecule has 0 aromatic carbocycles. The molecule has 1 heterocycles. The molecule has 0 aliphatic heterocycles. The molecule has 2 rings (SSSR count). The Morgan fingerprint density at radius 3 is 2.65 bits per heavy atom. The number of methoxy groups -OCH3 is 1. The van der Waals surface area contributed by atoms with Crippen molar-refractivity contribution >= 4 is 6.09 Å². The number of alkyl carbamates (subject to hydrolysis) is 1. The largest absolute Gasteiger partial charge is 0.481 e. The molecule has 1 aliphatic rings. The number of ether oxygens (including phenoxy) is 2. The van der Waals surface area contributed by atoms with E-state index >= 15 is 0 Å². The van der Waals surface area contributed by atoms with Crippen molar-refractivity contribution in [3.63, 3.8) is 0 Å². The molecule has 1 amide bonds. The number of amides is 1. The van der Waals surface area contributed by atoms with Gasteiger partial charge in [0.05, 0.1) is 7.11 Å². The fraction of sp³-hybridized carbons (Fsp3) is 0.647. The first-order valence-corrected chi connectivity index (χ1v) is 8.06. The van der Waals surface area contributed by atoms with Crippen LogP contribution in [0.2, 0.25) is 0 Å². The van der Waals surface area contributed by atoms with E-state index in [0.29, 0.717) is 24.9 Å². The van der Waals surface area contributed by atoms with Crippen LogP contribution >= 0.6 is 0 Å². The molecule has 0 spiro atoms. The predicted molar refractivity (Wildman–Crippen MR) is 88.4 cm³/mol. The number of hydrogen-bond acceptors (Lipinski definition) is 5. The maximum Gasteiger partial charge on any atom is 0.407 e. The number of carbonyl (C=O) groups excluding carboxylic acids is 1. The highest BCUT2D eigenvalue weighted by molar-refractivity contribution is 5.67. The van der Waals surface area contributed by atoms with Crippen LogP contribution in [0.25, 0.3) is 0 Å². The first kappa shape index (κ1) is 17.5. The smallest absolute Gasteiger partial charge is 0.407 e. The zero-order chi connectivity index (χ0) is 16.9. The van der Waals surface area contributed by atoms with Crippen molar-refractivity contribution in [3.05, 3.63) is 23.9 Å². The molecular formula is C17H27N3O3. The van der Waals surface area contributed by atoms with Crippen LogP contribution < -0.4 is 15.4 Å². The fourth-order valence-corrected chi connectivity index (χ4v) is 2.30. The summed E-state index contributed by atoms with van der Waals surface area (Å²) in [6.07, 6.45) is 3.84. The van der Waals surface area contributed by atoms with Crippen molar-refractivity contribution in [3.8, 4) is 5.88 Å². The van der Waals surface area contributed by atoms with E-state index in [-0.39, 0.29) is 12.1 Å². The van der Waals surface area contributed by atoms with Gasteiger partial charge in [-0.3, -0.25) is 0 Å². The molecular weight excluding hydrogens is 294 g/mol. The number of nitrogens with zero attached hydrogens (tertiary/aromatic N) is 1. The minimum absolute atomic E-state index is 0.254. The number of rotatable bonds is 7. The van der Waals surface area contributed by atoms with E-state index in [0.717, 1.165) is 5.56 Å². The van der Waals surface area contributed by atoms with Crippen LogP contribution in [0.15, 0.2) is 18.3 Å². The van der Waals surface area contributed by atoms with Gasteiger partial charge in [-0.15, -0.1) is 0 Å². The molecule has 1 saturated carbocycles. The third kappa shape index (κ3) is 6.44. The van der Waals surface area contributed by atoms with Gasteiger partial charge in [-0.05, 0) is 45.1 Å². The Bertz CT molecular complexity index is 507. The molecule has 1 aromatic heterocycles. The maximum absolute atomic E-state index is 11.8. The standard InChI is InChI=1S/C17H27N3O3/c1-17(2,3)23-16(21)20-11-14(13-6-7-13)18-9-12-5-8-15(22-4)19-10-12/h5,8,10,13-14,18H,6-7,9,11H2,1-4H3,(H,20,21). The van der Waals surface area contributed by atoms with Gasteiger partial charge in [0.15, 0.2) is 0 Å². The molecule has 0 saturated heterocycles. The molecule has 2 N–H and O–H groups in total. The second-order valence-electron chi connectivity index (χ2n) is 6.92. The highest BCUT2D eigenvalue weighted by Crippen LogP contribution is 2.32. The van der Waals surface area contributed by atoms with E-state index in [2.05, 4.69) is 15.6 Å². The lowest BCUT2D eigenvalue weighted by molar-refractivity contribution is 0.0521. The van der Waals surface area contributed by atoms with E-state index in [1.807, 2.05) is 32.9 Å². The minimum atomic E-state index is -0.471. The summed E-state index contributed by atoms with van der Waals surface area (Å²) in [7, 11) is 1.60. The van der Waals surface area contributed by atoms with Crippen LogP contribution in [0.1, 0.15) is 39.2 Å². The Kier molecular flexibility index (Phi) is 5.82. The normalized spacial score (nSPS) is 15.8. The van der Waals surface area contributed by atoms with Crippen molar-refractivity contribution < 1.29 is 14.3 Å². The van der Waals surface area contributed by atoms with Crippen molar-refractivity contribution in [1.29, 1.82) is 0 Å². The number of carbonyl (C=O) groups is 1. The van der Waals surface area contributed by atoms with Gasteiger partial charge in [-0.25, -0.2) is 9.78 Å². The molecule has 6 heteroatoms. The van der Waals surface area contributed by atoms with Crippen LogP contribution in [-0.4, -0.2) is 36.4 Å². The molecule has 6 nitrogen and oxygen atoms in total. The van der Waals surface area contributed by atoms with E-state index in [1.54, 1.807) is 13.3 Å². The summed E-state index contributed by atoms with van der Waals surface area (Å²) in [4.78, 5) is 16.0. The third-order valence-electron chi connectivity index (χ3n) is 3.63. The molecule has 0 bridgehead atoms. The lowest BCUT2D eigenvalue weighted by Gasteiger charge is -2.22. The van der Waals surface area contributed by atoms with Gasteiger partial charge < -0.3 is 20.1 Å². The second-order valence-corrected chi connectivity index (χ2v) is 6.92. The molecule has 1 atom stereocenters. The van der Waals surface area contributed by atoms with Crippen LogP contribution in [0.3, 0.4) is 0 Å². The van der Waals surface area contributed by atoms with Gasteiger partial charge in [0.2, 0.25) is 5.88 Å². The fourth-order valence-electron chi connectivity index (χ4n) is 2.30. The molecule has 23 heavy (non-hydrogen) atoms. The van der Waals surface area contributed by atoms with Gasteiger partial charge >= 0.3 is 6.09 Å². The van der Waals surface area contributed by atoms with Crippen LogP contribution in [-0.2, 0) is 11.3 Å². The zero-order valence-corrected chi connectivity index (χ0v) is 14.4. The van der Waals surface area contributed by atoms with Gasteiger partial charge in [0.1, 0.15) is 5.60 Å². The Hall–Kier alpha value is -1.82. The predicted octanol–water partition coefficient (Wildman–Crippen LogP) is 2.48. The molecule has 1 aliphatic carbocycles. The quantitative estimate of drug-likeness (QED) is 0.807. The summed E-state index contributed by atoms with van der Waals surface area (Å²) in [6, 6.07) is 4.09. The first-order valence-electron chi connectivity index (χ1n) is 8.06. The molecule has 128 valence electrons. The maximum atomic E-state index is 11.8. The van der Waals surface area contributed by atoms with E-state index in [1.165, 1.54) is 12.8 Å². The summed E-state index contributed by atoms with van der Waals surface area (Å²) in [6.45, 7) is 6.87. The Balaban J connectivity index is 1.78. The second kappa shape index (κ2) is 7.64. The van der Waals surface area contributed by atoms with Crippen molar-refractivity contribution in [1.82, 2.24) is 15.6 Å². The van der Waals surface area contributed by atoms with Gasteiger partial charge in [-0.1, -0.05) is 6.07 Å².